The summed E-state index contributed by atoms with van der Waals surface area (Å²) in [5.41, 5.74) is 2.23. The minimum absolute atomic E-state index is 0.0893. The Hall–Kier alpha value is -2.14. The molecule has 5 heteroatoms. The molecule has 2 aliphatic rings. The molecule has 0 aliphatic carbocycles. The minimum atomic E-state index is 0.0893. The third-order valence-corrected chi connectivity index (χ3v) is 6.50. The fourth-order valence-corrected chi connectivity index (χ4v) is 4.79. The van der Waals surface area contributed by atoms with E-state index in [2.05, 4.69) is 39.5 Å². The zero-order valence-corrected chi connectivity index (χ0v) is 17.5. The number of benzene rings is 1. The Morgan fingerprint density at radius 3 is 2.55 bits per heavy atom. The van der Waals surface area contributed by atoms with Crippen LogP contribution in [0.15, 0.2) is 36.5 Å². The number of rotatable bonds is 5. The third-order valence-electron chi connectivity index (χ3n) is 6.50. The van der Waals surface area contributed by atoms with Gasteiger partial charge in [0, 0.05) is 37.8 Å². The number of para-hydroxylation sites is 1. The Morgan fingerprint density at radius 1 is 1.00 bits per heavy atom. The van der Waals surface area contributed by atoms with Gasteiger partial charge in [-0.2, -0.15) is 0 Å². The summed E-state index contributed by atoms with van der Waals surface area (Å²) in [5, 5.41) is 4.27. The predicted octanol–water partition coefficient (Wildman–Crippen LogP) is 4.07. The van der Waals surface area contributed by atoms with Crippen molar-refractivity contribution in [2.75, 3.05) is 39.3 Å². The minimum Gasteiger partial charge on any atom is -0.338 e. The molecule has 1 N–H and O–H groups in total. The number of nitrogens with one attached hydrogen (secondary N) is 1. The van der Waals surface area contributed by atoms with Gasteiger partial charge < -0.3 is 15.1 Å². The summed E-state index contributed by atoms with van der Waals surface area (Å²) in [6.07, 6.45) is 10.4. The van der Waals surface area contributed by atoms with Crippen molar-refractivity contribution in [3.8, 4) is 0 Å². The predicted molar refractivity (Wildman–Crippen MR) is 118 cm³/mol. The molecule has 2 fully saturated rings. The van der Waals surface area contributed by atoms with E-state index < -0.39 is 0 Å². The molecule has 3 heterocycles. The number of likely N-dealkylation sites (tertiary alicyclic amines) is 2. The first-order valence-corrected chi connectivity index (χ1v) is 11.4. The maximum absolute atomic E-state index is 12.6. The molecule has 0 bridgehead atoms. The summed E-state index contributed by atoms with van der Waals surface area (Å²) in [4.78, 5) is 21.7. The third kappa shape index (κ3) is 5.47. The second kappa shape index (κ2) is 10.1. The van der Waals surface area contributed by atoms with Crippen molar-refractivity contribution in [3.05, 3.63) is 42.1 Å². The largest absolute Gasteiger partial charge is 0.338 e. The van der Waals surface area contributed by atoms with E-state index in [1.807, 2.05) is 17.2 Å². The fraction of sp³-hybridized carbons (Fsp3) is 0.583. The molecule has 2 aromatic rings. The molecule has 0 unspecified atom stereocenters. The molecule has 2 saturated heterocycles. The molecule has 1 aromatic heterocycles. The van der Waals surface area contributed by atoms with Crippen LogP contribution in [0.2, 0.25) is 0 Å². The smallest absolute Gasteiger partial charge is 0.317 e. The van der Waals surface area contributed by atoms with Gasteiger partial charge in [0.15, 0.2) is 0 Å². The second-order valence-electron chi connectivity index (χ2n) is 8.62. The highest BCUT2D eigenvalue weighted by Crippen LogP contribution is 2.21. The van der Waals surface area contributed by atoms with E-state index in [0.29, 0.717) is 6.54 Å². The summed E-state index contributed by atoms with van der Waals surface area (Å²) in [5.74, 6) is 0.749. The van der Waals surface area contributed by atoms with Crippen LogP contribution < -0.4 is 5.32 Å². The number of hydrogen-bond donors (Lipinski definition) is 1. The molecule has 0 spiro atoms. The fourth-order valence-electron chi connectivity index (χ4n) is 4.79. The molecular formula is C24H34N4O. The number of amides is 2. The Labute approximate surface area is 174 Å². The van der Waals surface area contributed by atoms with Crippen LogP contribution in [-0.2, 0) is 6.42 Å². The van der Waals surface area contributed by atoms with E-state index in [0.717, 1.165) is 49.2 Å². The van der Waals surface area contributed by atoms with Crippen LogP contribution in [0.5, 0.6) is 0 Å². The summed E-state index contributed by atoms with van der Waals surface area (Å²) in [6, 6.07) is 10.4. The Kier molecular flexibility index (Phi) is 6.99. The molecule has 2 amide bonds. The summed E-state index contributed by atoms with van der Waals surface area (Å²) in [7, 11) is 0. The summed E-state index contributed by atoms with van der Waals surface area (Å²) >= 11 is 0. The second-order valence-corrected chi connectivity index (χ2v) is 8.62. The summed E-state index contributed by atoms with van der Waals surface area (Å²) < 4.78 is 0. The normalized spacial score (nSPS) is 19.2. The van der Waals surface area contributed by atoms with E-state index in [9.17, 15) is 4.79 Å². The van der Waals surface area contributed by atoms with Gasteiger partial charge in [0.25, 0.3) is 0 Å². The van der Waals surface area contributed by atoms with Gasteiger partial charge in [-0.3, -0.25) is 4.98 Å². The quantitative estimate of drug-likeness (QED) is 0.831. The van der Waals surface area contributed by atoms with E-state index in [1.54, 1.807) is 0 Å². The number of nitrogens with zero attached hydrogens (tertiary/aromatic N) is 3. The van der Waals surface area contributed by atoms with Crippen molar-refractivity contribution in [1.29, 1.82) is 0 Å². The SMILES string of the molecule is O=C(NCCc1cccc2cccnc12)N1CCC(CN2CCCCCC2)CC1. The van der Waals surface area contributed by atoms with Crippen molar-refractivity contribution in [3.63, 3.8) is 0 Å². The van der Waals surface area contributed by atoms with E-state index >= 15 is 0 Å². The molecular weight excluding hydrogens is 360 g/mol. The number of hydrogen-bond acceptors (Lipinski definition) is 3. The van der Waals surface area contributed by atoms with Crippen molar-refractivity contribution in [2.45, 2.75) is 44.9 Å². The van der Waals surface area contributed by atoms with Crippen LogP contribution in [0.25, 0.3) is 10.9 Å². The van der Waals surface area contributed by atoms with Gasteiger partial charge in [-0.15, -0.1) is 0 Å². The van der Waals surface area contributed by atoms with Gasteiger partial charge >= 0.3 is 6.03 Å². The number of carbonyl (C=O) groups excluding carboxylic acids is 1. The van der Waals surface area contributed by atoms with Crippen LogP contribution in [0.4, 0.5) is 4.79 Å². The average molecular weight is 395 g/mol. The van der Waals surface area contributed by atoms with Crippen molar-refractivity contribution in [1.82, 2.24) is 20.1 Å². The van der Waals surface area contributed by atoms with Gasteiger partial charge in [-0.1, -0.05) is 37.1 Å². The number of pyridine rings is 1. The first-order valence-electron chi connectivity index (χ1n) is 11.4. The van der Waals surface area contributed by atoms with Crippen molar-refractivity contribution in [2.24, 2.45) is 5.92 Å². The van der Waals surface area contributed by atoms with Crippen molar-refractivity contribution < 1.29 is 4.79 Å². The zero-order chi connectivity index (χ0) is 19.9. The van der Waals surface area contributed by atoms with E-state index in [1.165, 1.54) is 50.9 Å². The van der Waals surface area contributed by atoms with Gasteiger partial charge in [0.1, 0.15) is 0 Å². The van der Waals surface area contributed by atoms with Gasteiger partial charge in [-0.05, 0) is 62.7 Å². The highest BCUT2D eigenvalue weighted by atomic mass is 16.2. The molecule has 4 rings (SSSR count). The monoisotopic (exact) mass is 394 g/mol. The number of piperidine rings is 1. The maximum atomic E-state index is 12.6. The zero-order valence-electron chi connectivity index (χ0n) is 17.5. The first-order chi connectivity index (χ1) is 14.3. The lowest BCUT2D eigenvalue weighted by Crippen LogP contribution is -2.46. The van der Waals surface area contributed by atoms with E-state index in [4.69, 9.17) is 0 Å². The molecule has 5 nitrogen and oxygen atoms in total. The highest BCUT2D eigenvalue weighted by Gasteiger charge is 2.24. The number of fused-ring (bicyclic) bond motifs is 1. The molecule has 1 aromatic carbocycles. The topological polar surface area (TPSA) is 48.5 Å². The molecule has 156 valence electrons. The lowest BCUT2D eigenvalue weighted by Gasteiger charge is -2.34. The molecule has 2 aliphatic heterocycles. The number of carbonyl (C=O) groups is 1. The van der Waals surface area contributed by atoms with Crippen LogP contribution >= 0.6 is 0 Å². The lowest BCUT2D eigenvalue weighted by atomic mass is 9.96. The standard InChI is InChI=1S/C24H34N4O/c29-24(26-14-10-22-8-5-7-21-9-6-13-25-23(21)22)28-17-11-20(12-18-28)19-27-15-3-1-2-4-16-27/h5-9,13,20H,1-4,10-12,14-19H2,(H,26,29). The van der Waals surface area contributed by atoms with Gasteiger partial charge in [-0.25, -0.2) is 4.79 Å². The van der Waals surface area contributed by atoms with E-state index in [-0.39, 0.29) is 6.03 Å². The molecule has 0 saturated carbocycles. The molecule has 29 heavy (non-hydrogen) atoms. The Morgan fingerprint density at radius 2 is 1.76 bits per heavy atom. The van der Waals surface area contributed by atoms with Crippen LogP contribution in [0.3, 0.4) is 0 Å². The maximum Gasteiger partial charge on any atom is 0.317 e. The van der Waals surface area contributed by atoms with Gasteiger partial charge in [0.05, 0.1) is 5.52 Å². The van der Waals surface area contributed by atoms with Gasteiger partial charge in [0.2, 0.25) is 0 Å². The number of aromatic nitrogens is 1. The summed E-state index contributed by atoms with van der Waals surface area (Å²) in [6.45, 7) is 6.19. The Bertz CT molecular complexity index is 787. The highest BCUT2D eigenvalue weighted by molar-refractivity contribution is 5.81. The Balaban J connectivity index is 1.20. The molecule has 0 atom stereocenters. The average Bonchev–Trinajstić information content (AvgIpc) is 3.03. The van der Waals surface area contributed by atoms with Crippen LogP contribution in [0.1, 0.15) is 44.1 Å². The lowest BCUT2D eigenvalue weighted by molar-refractivity contribution is 0.148. The van der Waals surface area contributed by atoms with Crippen LogP contribution in [0, 0.1) is 5.92 Å². The molecule has 0 radical (unpaired) electrons. The van der Waals surface area contributed by atoms with Crippen molar-refractivity contribution >= 4 is 16.9 Å². The first kappa shape index (κ1) is 20.1. The van der Waals surface area contributed by atoms with Crippen LogP contribution in [-0.4, -0.2) is 60.1 Å². The number of urea groups is 1.